The van der Waals surface area contributed by atoms with Crippen LogP contribution in [-0.2, 0) is 6.42 Å². The van der Waals surface area contributed by atoms with Crippen molar-refractivity contribution in [3.05, 3.63) is 29.6 Å². The minimum absolute atomic E-state index is 0.186. The molecular weight excluding hydrogens is 231 g/mol. The van der Waals surface area contributed by atoms with Crippen molar-refractivity contribution in [1.82, 2.24) is 0 Å². The van der Waals surface area contributed by atoms with Crippen molar-refractivity contribution in [2.45, 2.75) is 31.8 Å². The van der Waals surface area contributed by atoms with Crippen molar-refractivity contribution in [3.8, 4) is 0 Å². The molecule has 4 heteroatoms. The number of halogens is 1. The minimum atomic E-state index is -0.787. The lowest BCUT2D eigenvalue weighted by Crippen LogP contribution is -2.35. The number of hydrogen-bond acceptors (Lipinski definition) is 3. The highest BCUT2D eigenvalue weighted by atomic mass is 19.1. The van der Waals surface area contributed by atoms with Gasteiger partial charge >= 0.3 is 0 Å². The third kappa shape index (κ3) is 3.00. The van der Waals surface area contributed by atoms with Gasteiger partial charge in [-0.2, -0.15) is 0 Å². The molecule has 1 heterocycles. The maximum atomic E-state index is 13.2. The first kappa shape index (κ1) is 13.3. The Hall–Kier alpha value is -1.13. The van der Waals surface area contributed by atoms with Crippen molar-refractivity contribution in [1.29, 1.82) is 0 Å². The number of aliphatic hydroxyl groups is 1. The van der Waals surface area contributed by atoms with Crippen LogP contribution in [-0.4, -0.2) is 30.3 Å². The average molecular weight is 252 g/mol. The second-order valence-electron chi connectivity index (χ2n) is 5.31. The molecule has 0 aliphatic carbocycles. The van der Waals surface area contributed by atoms with Gasteiger partial charge < -0.3 is 15.7 Å². The SMILES string of the molecule is CC(O)(CN)CCCN1CCc2ccc(F)cc21. The zero-order valence-electron chi connectivity index (χ0n) is 10.8. The number of rotatable bonds is 5. The first-order valence-electron chi connectivity index (χ1n) is 6.48. The summed E-state index contributed by atoms with van der Waals surface area (Å²) in [6.45, 7) is 3.80. The lowest BCUT2D eigenvalue weighted by atomic mass is 10.0. The van der Waals surface area contributed by atoms with Crippen molar-refractivity contribution < 1.29 is 9.50 Å². The maximum Gasteiger partial charge on any atom is 0.125 e. The van der Waals surface area contributed by atoms with Crippen molar-refractivity contribution >= 4 is 5.69 Å². The number of fused-ring (bicyclic) bond motifs is 1. The van der Waals surface area contributed by atoms with E-state index in [0.717, 1.165) is 31.6 Å². The summed E-state index contributed by atoms with van der Waals surface area (Å²) in [5.41, 5.74) is 6.91. The Morgan fingerprint density at radius 2 is 2.28 bits per heavy atom. The van der Waals surface area contributed by atoms with E-state index in [9.17, 15) is 9.50 Å². The van der Waals surface area contributed by atoms with Gasteiger partial charge in [-0.15, -0.1) is 0 Å². The van der Waals surface area contributed by atoms with Gasteiger partial charge in [0.25, 0.3) is 0 Å². The molecule has 0 spiro atoms. The quantitative estimate of drug-likeness (QED) is 0.838. The van der Waals surface area contributed by atoms with E-state index in [2.05, 4.69) is 4.90 Å². The van der Waals surface area contributed by atoms with E-state index in [1.54, 1.807) is 13.0 Å². The van der Waals surface area contributed by atoms with E-state index >= 15 is 0 Å². The number of hydrogen-bond donors (Lipinski definition) is 2. The Bertz CT molecular complexity index is 420. The largest absolute Gasteiger partial charge is 0.389 e. The summed E-state index contributed by atoms with van der Waals surface area (Å²) in [4.78, 5) is 2.19. The average Bonchev–Trinajstić information content (AvgIpc) is 2.72. The lowest BCUT2D eigenvalue weighted by molar-refractivity contribution is 0.0584. The van der Waals surface area contributed by atoms with Crippen LogP contribution in [0, 0.1) is 5.82 Å². The molecule has 0 aromatic heterocycles. The smallest absolute Gasteiger partial charge is 0.125 e. The van der Waals surface area contributed by atoms with E-state index in [1.165, 1.54) is 11.6 Å². The second-order valence-corrected chi connectivity index (χ2v) is 5.31. The van der Waals surface area contributed by atoms with Crippen molar-refractivity contribution in [2.24, 2.45) is 5.73 Å². The monoisotopic (exact) mass is 252 g/mol. The van der Waals surface area contributed by atoms with Gasteiger partial charge in [-0.3, -0.25) is 0 Å². The molecule has 0 radical (unpaired) electrons. The molecule has 1 aliphatic heterocycles. The van der Waals surface area contributed by atoms with Crippen LogP contribution in [0.3, 0.4) is 0 Å². The third-order valence-electron chi connectivity index (χ3n) is 3.62. The van der Waals surface area contributed by atoms with Crippen LogP contribution in [0.15, 0.2) is 18.2 Å². The van der Waals surface area contributed by atoms with Crippen LogP contribution in [0.2, 0.25) is 0 Å². The molecule has 1 atom stereocenters. The molecule has 2 rings (SSSR count). The van der Waals surface area contributed by atoms with Gasteiger partial charge in [0, 0.05) is 25.3 Å². The van der Waals surface area contributed by atoms with Crippen molar-refractivity contribution in [3.63, 3.8) is 0 Å². The predicted molar refractivity (Wildman–Crippen MR) is 71.2 cm³/mol. The number of nitrogens with zero attached hydrogens (tertiary/aromatic N) is 1. The van der Waals surface area contributed by atoms with Crippen LogP contribution in [0.1, 0.15) is 25.3 Å². The maximum absolute atomic E-state index is 13.2. The van der Waals surface area contributed by atoms with Gasteiger partial charge in [-0.25, -0.2) is 4.39 Å². The highest BCUT2D eigenvalue weighted by Gasteiger charge is 2.21. The fraction of sp³-hybridized carbons (Fsp3) is 0.571. The predicted octanol–water partition coefficient (Wildman–Crippen LogP) is 1.68. The third-order valence-corrected chi connectivity index (χ3v) is 3.62. The standard InChI is InChI=1S/C14H21FN2O/c1-14(18,10-16)6-2-7-17-8-5-11-3-4-12(15)9-13(11)17/h3-4,9,18H,2,5-8,10,16H2,1H3. The Kier molecular flexibility index (Phi) is 3.88. The number of benzene rings is 1. The van der Waals surface area contributed by atoms with Gasteiger partial charge in [0.05, 0.1) is 5.60 Å². The number of nitrogens with two attached hydrogens (primary N) is 1. The van der Waals surface area contributed by atoms with Crippen LogP contribution in [0.4, 0.5) is 10.1 Å². The molecule has 0 bridgehead atoms. The van der Waals surface area contributed by atoms with Gasteiger partial charge in [0.2, 0.25) is 0 Å². The molecule has 0 saturated heterocycles. The Morgan fingerprint density at radius 1 is 1.50 bits per heavy atom. The van der Waals surface area contributed by atoms with Crippen LogP contribution < -0.4 is 10.6 Å². The molecule has 1 unspecified atom stereocenters. The molecule has 100 valence electrons. The molecule has 0 amide bonds. The van der Waals surface area contributed by atoms with Crippen LogP contribution >= 0.6 is 0 Å². The molecule has 1 aliphatic rings. The molecule has 1 aromatic carbocycles. The van der Waals surface area contributed by atoms with Crippen LogP contribution in [0.5, 0.6) is 0 Å². The summed E-state index contributed by atoms with van der Waals surface area (Å²) < 4.78 is 13.2. The topological polar surface area (TPSA) is 49.5 Å². The summed E-state index contributed by atoms with van der Waals surface area (Å²) in [5, 5.41) is 9.83. The Morgan fingerprint density at radius 3 is 3.00 bits per heavy atom. The van der Waals surface area contributed by atoms with E-state index in [-0.39, 0.29) is 12.4 Å². The molecule has 0 fully saturated rings. The van der Waals surface area contributed by atoms with E-state index < -0.39 is 5.60 Å². The summed E-state index contributed by atoms with van der Waals surface area (Å²) in [5.74, 6) is -0.186. The lowest BCUT2D eigenvalue weighted by Gasteiger charge is -2.24. The van der Waals surface area contributed by atoms with E-state index in [1.807, 2.05) is 6.07 Å². The van der Waals surface area contributed by atoms with Crippen molar-refractivity contribution in [2.75, 3.05) is 24.5 Å². The highest BCUT2D eigenvalue weighted by molar-refractivity contribution is 5.58. The summed E-state index contributed by atoms with van der Waals surface area (Å²) in [6, 6.07) is 4.98. The Balaban J connectivity index is 1.92. The fourth-order valence-electron chi connectivity index (χ4n) is 2.40. The zero-order chi connectivity index (χ0) is 13.2. The fourth-order valence-corrected chi connectivity index (χ4v) is 2.40. The van der Waals surface area contributed by atoms with Crippen LogP contribution in [0.25, 0.3) is 0 Å². The molecule has 3 N–H and O–H groups in total. The molecule has 0 saturated carbocycles. The van der Waals surface area contributed by atoms with Gasteiger partial charge in [-0.1, -0.05) is 6.07 Å². The first-order chi connectivity index (χ1) is 8.52. The highest BCUT2D eigenvalue weighted by Crippen LogP contribution is 2.29. The molecular formula is C14H21FN2O. The molecule has 3 nitrogen and oxygen atoms in total. The van der Waals surface area contributed by atoms with E-state index in [4.69, 9.17) is 5.73 Å². The number of anilines is 1. The second kappa shape index (κ2) is 5.24. The summed E-state index contributed by atoms with van der Waals surface area (Å²) >= 11 is 0. The first-order valence-corrected chi connectivity index (χ1v) is 6.48. The molecule has 1 aromatic rings. The minimum Gasteiger partial charge on any atom is -0.389 e. The molecule has 18 heavy (non-hydrogen) atoms. The van der Waals surface area contributed by atoms with Gasteiger partial charge in [-0.05, 0) is 43.9 Å². The van der Waals surface area contributed by atoms with E-state index in [0.29, 0.717) is 6.42 Å². The normalized spacial score (nSPS) is 17.7. The summed E-state index contributed by atoms with van der Waals surface area (Å²) in [7, 11) is 0. The van der Waals surface area contributed by atoms with Gasteiger partial charge in [0.1, 0.15) is 5.82 Å². The Labute approximate surface area is 107 Å². The zero-order valence-corrected chi connectivity index (χ0v) is 10.8. The van der Waals surface area contributed by atoms with Gasteiger partial charge in [0.15, 0.2) is 0 Å². The summed E-state index contributed by atoms with van der Waals surface area (Å²) in [6.07, 6.45) is 2.51.